The van der Waals surface area contributed by atoms with Crippen LogP contribution in [0.4, 0.5) is 0 Å². The average Bonchev–Trinajstić information content (AvgIpc) is 2.24. The van der Waals surface area contributed by atoms with Gasteiger partial charge in [0, 0.05) is 6.20 Å². The number of rotatable bonds is 4. The van der Waals surface area contributed by atoms with E-state index < -0.39 is 9.04 Å². The summed E-state index contributed by atoms with van der Waals surface area (Å²) >= 11 is 0. The molecule has 0 spiro atoms. The Kier molecular flexibility index (Phi) is 4.86. The van der Waals surface area contributed by atoms with Crippen molar-refractivity contribution in [2.75, 3.05) is 0 Å². The molecule has 0 fully saturated rings. The van der Waals surface area contributed by atoms with Gasteiger partial charge < -0.3 is 9.53 Å². The SMILES string of the molecule is C[SiH](C)OC(c1ccc(CO)nc1)C(C)(C)C. The number of aliphatic hydroxyl groups excluding tert-OH is 1. The van der Waals surface area contributed by atoms with E-state index in [0.29, 0.717) is 5.69 Å². The second-order valence-electron chi connectivity index (χ2n) is 5.67. The van der Waals surface area contributed by atoms with Crippen molar-refractivity contribution in [3.63, 3.8) is 0 Å². The third kappa shape index (κ3) is 4.22. The maximum atomic E-state index is 8.99. The molecule has 0 radical (unpaired) electrons. The summed E-state index contributed by atoms with van der Waals surface area (Å²) in [5.74, 6) is 0. The Labute approximate surface area is 106 Å². The molecule has 0 bridgehead atoms. The van der Waals surface area contributed by atoms with Gasteiger partial charge in [0.15, 0.2) is 9.04 Å². The van der Waals surface area contributed by atoms with Crippen LogP contribution in [0.5, 0.6) is 0 Å². The summed E-state index contributed by atoms with van der Waals surface area (Å²) in [6.07, 6.45) is 1.90. The maximum absolute atomic E-state index is 8.99. The van der Waals surface area contributed by atoms with Crippen molar-refractivity contribution in [2.24, 2.45) is 5.41 Å². The summed E-state index contributed by atoms with van der Waals surface area (Å²) in [7, 11) is -1.09. The second kappa shape index (κ2) is 5.75. The highest BCUT2D eigenvalue weighted by molar-refractivity contribution is 6.48. The first-order valence-electron chi connectivity index (χ1n) is 6.05. The van der Waals surface area contributed by atoms with Crippen LogP contribution in [0.2, 0.25) is 13.1 Å². The molecule has 0 aliphatic heterocycles. The molecule has 1 rings (SSSR count). The molecule has 17 heavy (non-hydrogen) atoms. The standard InChI is InChI=1S/C13H23NO2Si/c1-13(2,3)12(16-17(4)5)10-6-7-11(9-15)14-8-10/h6-8,12,15,17H,9H2,1-5H3. The fraction of sp³-hybridized carbons (Fsp3) is 0.615. The minimum Gasteiger partial charge on any atom is -0.413 e. The lowest BCUT2D eigenvalue weighted by Crippen LogP contribution is -2.26. The van der Waals surface area contributed by atoms with Gasteiger partial charge in [-0.3, -0.25) is 4.98 Å². The molecule has 1 aromatic rings. The van der Waals surface area contributed by atoms with Crippen LogP contribution in [0.3, 0.4) is 0 Å². The summed E-state index contributed by atoms with van der Waals surface area (Å²) in [6.45, 7) is 10.9. The van der Waals surface area contributed by atoms with Crippen LogP contribution < -0.4 is 0 Å². The number of aliphatic hydroxyl groups is 1. The molecule has 1 atom stereocenters. The summed E-state index contributed by atoms with van der Waals surface area (Å²) in [5, 5.41) is 8.99. The number of pyridine rings is 1. The average molecular weight is 253 g/mol. The number of hydrogen-bond acceptors (Lipinski definition) is 3. The van der Waals surface area contributed by atoms with Gasteiger partial charge in [-0.05, 0) is 30.1 Å². The Bertz CT molecular complexity index is 343. The fourth-order valence-corrected chi connectivity index (χ4v) is 2.85. The molecule has 0 saturated heterocycles. The van der Waals surface area contributed by atoms with Crippen molar-refractivity contribution in [3.05, 3.63) is 29.6 Å². The quantitative estimate of drug-likeness (QED) is 0.839. The van der Waals surface area contributed by atoms with Crippen molar-refractivity contribution in [3.8, 4) is 0 Å². The first kappa shape index (κ1) is 14.3. The van der Waals surface area contributed by atoms with Gasteiger partial charge in [0.05, 0.1) is 18.4 Å². The number of aromatic nitrogens is 1. The molecule has 96 valence electrons. The highest BCUT2D eigenvalue weighted by Crippen LogP contribution is 2.36. The van der Waals surface area contributed by atoms with E-state index in [2.05, 4.69) is 38.8 Å². The van der Waals surface area contributed by atoms with E-state index in [4.69, 9.17) is 9.53 Å². The first-order valence-corrected chi connectivity index (χ1v) is 8.84. The summed E-state index contributed by atoms with van der Waals surface area (Å²) in [6, 6.07) is 3.87. The summed E-state index contributed by atoms with van der Waals surface area (Å²) < 4.78 is 6.11. The van der Waals surface area contributed by atoms with Crippen LogP contribution in [0.1, 0.15) is 38.1 Å². The van der Waals surface area contributed by atoms with Gasteiger partial charge in [-0.2, -0.15) is 0 Å². The van der Waals surface area contributed by atoms with Gasteiger partial charge in [-0.1, -0.05) is 26.8 Å². The molecule has 4 heteroatoms. The highest BCUT2D eigenvalue weighted by atomic mass is 28.3. The lowest BCUT2D eigenvalue weighted by molar-refractivity contribution is 0.0862. The molecule has 0 saturated carbocycles. The van der Waals surface area contributed by atoms with Crippen LogP contribution in [0.15, 0.2) is 18.3 Å². The molecule has 1 aromatic heterocycles. The van der Waals surface area contributed by atoms with Crippen molar-refractivity contribution in [2.45, 2.75) is 46.6 Å². The van der Waals surface area contributed by atoms with E-state index in [-0.39, 0.29) is 18.1 Å². The fourth-order valence-electron chi connectivity index (χ4n) is 1.74. The molecule has 0 aliphatic rings. The molecule has 1 N–H and O–H groups in total. The molecule has 1 heterocycles. The summed E-state index contributed by atoms with van der Waals surface area (Å²) in [4.78, 5) is 4.22. The highest BCUT2D eigenvalue weighted by Gasteiger charge is 2.28. The van der Waals surface area contributed by atoms with Crippen LogP contribution in [0, 0.1) is 5.41 Å². The van der Waals surface area contributed by atoms with E-state index in [1.807, 2.05) is 18.3 Å². The molecular weight excluding hydrogens is 230 g/mol. The van der Waals surface area contributed by atoms with E-state index in [1.54, 1.807) is 0 Å². The van der Waals surface area contributed by atoms with Gasteiger partial charge in [-0.15, -0.1) is 0 Å². The maximum Gasteiger partial charge on any atom is 0.171 e. The minimum absolute atomic E-state index is 0.0136. The monoisotopic (exact) mass is 253 g/mol. The molecule has 3 nitrogen and oxygen atoms in total. The Hall–Kier alpha value is -0.713. The first-order chi connectivity index (χ1) is 7.84. The lowest BCUT2D eigenvalue weighted by Gasteiger charge is -2.32. The van der Waals surface area contributed by atoms with Crippen molar-refractivity contribution < 1.29 is 9.53 Å². The second-order valence-corrected chi connectivity index (χ2v) is 8.04. The number of nitrogens with zero attached hydrogens (tertiary/aromatic N) is 1. The summed E-state index contributed by atoms with van der Waals surface area (Å²) in [5.41, 5.74) is 1.85. The van der Waals surface area contributed by atoms with Gasteiger partial charge in [0.25, 0.3) is 0 Å². The molecule has 0 aromatic carbocycles. The zero-order chi connectivity index (χ0) is 13.1. The Balaban J connectivity index is 2.96. The van der Waals surface area contributed by atoms with Crippen molar-refractivity contribution in [1.82, 2.24) is 4.98 Å². The Morgan fingerprint density at radius 1 is 1.35 bits per heavy atom. The third-order valence-corrected chi connectivity index (χ3v) is 3.32. The van der Waals surface area contributed by atoms with E-state index in [1.165, 1.54) is 0 Å². The molecular formula is C13H23NO2Si. The number of hydrogen-bond donors (Lipinski definition) is 1. The van der Waals surface area contributed by atoms with Crippen molar-refractivity contribution >= 4 is 9.04 Å². The predicted octanol–water partition coefficient (Wildman–Crippen LogP) is 2.66. The molecule has 0 amide bonds. The molecule has 0 aliphatic carbocycles. The van der Waals surface area contributed by atoms with Crippen LogP contribution in [-0.4, -0.2) is 19.1 Å². The van der Waals surface area contributed by atoms with E-state index in [0.717, 1.165) is 5.56 Å². The Morgan fingerprint density at radius 3 is 2.35 bits per heavy atom. The predicted molar refractivity (Wildman–Crippen MR) is 72.3 cm³/mol. The zero-order valence-electron chi connectivity index (χ0n) is 11.4. The van der Waals surface area contributed by atoms with E-state index in [9.17, 15) is 0 Å². The van der Waals surface area contributed by atoms with Gasteiger partial charge in [0.2, 0.25) is 0 Å². The van der Waals surface area contributed by atoms with Crippen LogP contribution >= 0.6 is 0 Å². The largest absolute Gasteiger partial charge is 0.413 e. The Morgan fingerprint density at radius 2 is 2.00 bits per heavy atom. The van der Waals surface area contributed by atoms with E-state index >= 15 is 0 Å². The smallest absolute Gasteiger partial charge is 0.171 e. The lowest BCUT2D eigenvalue weighted by atomic mass is 9.85. The van der Waals surface area contributed by atoms with Crippen LogP contribution in [0.25, 0.3) is 0 Å². The van der Waals surface area contributed by atoms with Crippen LogP contribution in [-0.2, 0) is 11.0 Å². The normalized spacial score (nSPS) is 14.1. The zero-order valence-corrected chi connectivity index (χ0v) is 12.6. The topological polar surface area (TPSA) is 42.4 Å². The van der Waals surface area contributed by atoms with Gasteiger partial charge in [-0.25, -0.2) is 0 Å². The van der Waals surface area contributed by atoms with Crippen molar-refractivity contribution in [1.29, 1.82) is 0 Å². The molecule has 1 unspecified atom stereocenters. The minimum atomic E-state index is -1.09. The third-order valence-electron chi connectivity index (χ3n) is 2.51. The van der Waals surface area contributed by atoms with Gasteiger partial charge >= 0.3 is 0 Å². The van der Waals surface area contributed by atoms with Gasteiger partial charge in [0.1, 0.15) is 0 Å².